The van der Waals surface area contributed by atoms with Crippen LogP contribution in [0, 0.1) is 0 Å². The lowest BCUT2D eigenvalue weighted by Crippen LogP contribution is -2.33. The number of anilines is 1. The minimum atomic E-state index is -0.616. The standard InChI is InChI=1S/C26H23ClN4O4S/c1-3-13-31-25(33)23(15-24(32)29-19-7-9-20(34-2)10-8-19)36-26(31)30-28-16-21-11-12-22(35-21)17-5-4-6-18(27)14-17/h3-12,14,16,23H,1,13,15H2,2H3,(H,29,32)/b28-16+,30-26-. The molecule has 0 radical (unpaired) electrons. The Morgan fingerprint density at radius 3 is 2.78 bits per heavy atom. The van der Waals surface area contributed by atoms with Crippen molar-refractivity contribution >= 4 is 52.2 Å². The van der Waals surface area contributed by atoms with Crippen LogP contribution in [0.2, 0.25) is 5.02 Å². The molecule has 1 unspecified atom stereocenters. The van der Waals surface area contributed by atoms with Crippen LogP contribution in [0.5, 0.6) is 5.75 Å². The fourth-order valence-electron chi connectivity index (χ4n) is 3.42. The van der Waals surface area contributed by atoms with Gasteiger partial charge in [0.25, 0.3) is 0 Å². The van der Waals surface area contributed by atoms with Crippen molar-refractivity contribution in [2.45, 2.75) is 11.7 Å². The molecule has 1 aromatic heterocycles. The summed E-state index contributed by atoms with van der Waals surface area (Å²) < 4.78 is 10.9. The summed E-state index contributed by atoms with van der Waals surface area (Å²) in [7, 11) is 1.57. The molecule has 0 spiro atoms. The van der Waals surface area contributed by atoms with E-state index in [9.17, 15) is 9.59 Å². The third-order valence-electron chi connectivity index (χ3n) is 5.14. The number of ether oxygens (including phenoxy) is 1. The predicted molar refractivity (Wildman–Crippen MR) is 144 cm³/mol. The number of thioether (sulfide) groups is 1. The average molecular weight is 523 g/mol. The Labute approximate surface area is 217 Å². The second-order valence-electron chi connectivity index (χ2n) is 7.66. The molecular formula is C26H23ClN4O4S. The first kappa shape index (κ1) is 25.3. The van der Waals surface area contributed by atoms with Gasteiger partial charge in [0.15, 0.2) is 5.17 Å². The summed E-state index contributed by atoms with van der Waals surface area (Å²) in [5.41, 5.74) is 1.46. The van der Waals surface area contributed by atoms with E-state index in [1.54, 1.807) is 55.7 Å². The number of methoxy groups -OCH3 is 1. The van der Waals surface area contributed by atoms with E-state index in [1.807, 2.05) is 18.2 Å². The van der Waals surface area contributed by atoms with Crippen molar-refractivity contribution in [2.24, 2.45) is 10.2 Å². The molecule has 1 atom stereocenters. The number of halogens is 1. The molecular weight excluding hydrogens is 500 g/mol. The van der Waals surface area contributed by atoms with Gasteiger partial charge in [-0.3, -0.25) is 14.5 Å². The fraction of sp³-hybridized carbons (Fsp3) is 0.154. The Hall–Kier alpha value is -3.82. The maximum absolute atomic E-state index is 12.9. The second kappa shape index (κ2) is 11.7. The molecule has 36 heavy (non-hydrogen) atoms. The van der Waals surface area contributed by atoms with Crippen LogP contribution in [0.3, 0.4) is 0 Å². The number of hydrogen-bond acceptors (Lipinski definition) is 7. The number of rotatable bonds is 9. The predicted octanol–water partition coefficient (Wildman–Crippen LogP) is 5.46. The molecule has 1 aliphatic rings. The summed E-state index contributed by atoms with van der Waals surface area (Å²) in [4.78, 5) is 26.9. The summed E-state index contributed by atoms with van der Waals surface area (Å²) in [6.45, 7) is 3.96. The van der Waals surface area contributed by atoms with Gasteiger partial charge in [0.2, 0.25) is 11.8 Å². The smallest absolute Gasteiger partial charge is 0.243 e. The summed E-state index contributed by atoms with van der Waals surface area (Å²) in [6.07, 6.45) is 3.05. The first-order chi connectivity index (χ1) is 17.5. The largest absolute Gasteiger partial charge is 0.497 e. The molecule has 3 aromatic rings. The number of carbonyl (C=O) groups is 2. The van der Waals surface area contributed by atoms with E-state index in [0.717, 1.165) is 5.56 Å². The van der Waals surface area contributed by atoms with Gasteiger partial charge in [0.1, 0.15) is 22.5 Å². The quantitative estimate of drug-likeness (QED) is 0.229. The monoisotopic (exact) mass is 522 g/mol. The van der Waals surface area contributed by atoms with Crippen molar-refractivity contribution in [3.63, 3.8) is 0 Å². The fourth-order valence-corrected chi connectivity index (χ4v) is 4.72. The molecule has 4 rings (SSSR count). The number of amidine groups is 1. The lowest BCUT2D eigenvalue weighted by Gasteiger charge is -2.12. The average Bonchev–Trinajstić information content (AvgIpc) is 3.45. The molecule has 2 amide bonds. The van der Waals surface area contributed by atoms with Crippen molar-refractivity contribution in [1.82, 2.24) is 4.90 Å². The van der Waals surface area contributed by atoms with E-state index in [1.165, 1.54) is 22.9 Å². The Kier molecular flexibility index (Phi) is 8.24. The van der Waals surface area contributed by atoms with Gasteiger partial charge < -0.3 is 14.5 Å². The van der Waals surface area contributed by atoms with Crippen LogP contribution >= 0.6 is 23.4 Å². The van der Waals surface area contributed by atoms with E-state index < -0.39 is 5.25 Å². The highest BCUT2D eigenvalue weighted by molar-refractivity contribution is 8.15. The summed E-state index contributed by atoms with van der Waals surface area (Å²) in [5, 5.41) is 11.5. The van der Waals surface area contributed by atoms with E-state index in [4.69, 9.17) is 20.8 Å². The summed E-state index contributed by atoms with van der Waals surface area (Å²) in [6, 6.07) is 17.9. The number of nitrogens with zero attached hydrogens (tertiary/aromatic N) is 3. The van der Waals surface area contributed by atoms with Crippen molar-refractivity contribution in [3.05, 3.63) is 84.1 Å². The number of hydrogen-bond donors (Lipinski definition) is 1. The van der Waals surface area contributed by atoms with E-state index >= 15 is 0 Å². The first-order valence-corrected chi connectivity index (χ1v) is 12.2. The molecule has 10 heteroatoms. The molecule has 1 aliphatic heterocycles. The molecule has 0 bridgehead atoms. The van der Waals surface area contributed by atoms with Crippen molar-refractivity contribution in [3.8, 4) is 17.1 Å². The molecule has 1 saturated heterocycles. The highest BCUT2D eigenvalue weighted by atomic mass is 35.5. The molecule has 0 aliphatic carbocycles. The number of furan rings is 1. The zero-order valence-electron chi connectivity index (χ0n) is 19.4. The highest BCUT2D eigenvalue weighted by Gasteiger charge is 2.38. The number of carbonyl (C=O) groups excluding carboxylic acids is 2. The molecule has 0 saturated carbocycles. The lowest BCUT2D eigenvalue weighted by atomic mass is 10.2. The van der Waals surface area contributed by atoms with Crippen LogP contribution in [0.4, 0.5) is 5.69 Å². The normalized spacial score (nSPS) is 16.6. The van der Waals surface area contributed by atoms with E-state index in [0.29, 0.717) is 33.1 Å². The molecule has 8 nitrogen and oxygen atoms in total. The Morgan fingerprint density at radius 2 is 2.06 bits per heavy atom. The van der Waals surface area contributed by atoms with Crippen molar-refractivity contribution in [2.75, 3.05) is 19.0 Å². The third-order valence-corrected chi connectivity index (χ3v) is 6.54. The lowest BCUT2D eigenvalue weighted by molar-refractivity contribution is -0.127. The first-order valence-electron chi connectivity index (χ1n) is 11.0. The second-order valence-corrected chi connectivity index (χ2v) is 9.27. The number of nitrogens with one attached hydrogen (secondary N) is 1. The van der Waals surface area contributed by atoms with Crippen molar-refractivity contribution < 1.29 is 18.7 Å². The van der Waals surface area contributed by atoms with Gasteiger partial charge in [-0.15, -0.1) is 11.7 Å². The van der Waals surface area contributed by atoms with Crippen LogP contribution in [0.25, 0.3) is 11.3 Å². The van der Waals surface area contributed by atoms with E-state index in [-0.39, 0.29) is 24.8 Å². The summed E-state index contributed by atoms with van der Waals surface area (Å²) in [5.74, 6) is 1.33. The third kappa shape index (κ3) is 6.24. The van der Waals surface area contributed by atoms with Gasteiger partial charge >= 0.3 is 0 Å². The molecule has 2 aromatic carbocycles. The highest BCUT2D eigenvalue weighted by Crippen LogP contribution is 2.30. The topological polar surface area (TPSA) is 96.5 Å². The Morgan fingerprint density at radius 1 is 1.25 bits per heavy atom. The van der Waals surface area contributed by atoms with Gasteiger partial charge in [0.05, 0.1) is 13.3 Å². The van der Waals surface area contributed by atoms with Gasteiger partial charge in [0, 0.05) is 29.2 Å². The van der Waals surface area contributed by atoms with Gasteiger partial charge in [-0.2, -0.15) is 5.10 Å². The van der Waals surface area contributed by atoms with Gasteiger partial charge in [-0.05, 0) is 48.5 Å². The zero-order chi connectivity index (χ0) is 25.5. The van der Waals surface area contributed by atoms with Crippen molar-refractivity contribution in [1.29, 1.82) is 0 Å². The van der Waals surface area contributed by atoms with Gasteiger partial charge in [-0.1, -0.05) is 41.6 Å². The molecule has 2 heterocycles. The zero-order valence-corrected chi connectivity index (χ0v) is 21.0. The number of amides is 2. The minimum Gasteiger partial charge on any atom is -0.497 e. The van der Waals surface area contributed by atoms with Crippen LogP contribution in [-0.4, -0.2) is 47.0 Å². The van der Waals surface area contributed by atoms with Crippen LogP contribution in [-0.2, 0) is 9.59 Å². The number of benzene rings is 2. The maximum atomic E-state index is 12.9. The minimum absolute atomic E-state index is 0.00686. The van der Waals surface area contributed by atoms with Gasteiger partial charge in [-0.25, -0.2) is 0 Å². The molecule has 1 fully saturated rings. The molecule has 184 valence electrons. The summed E-state index contributed by atoms with van der Waals surface area (Å²) >= 11 is 7.24. The SMILES string of the molecule is C=CCN1C(=O)C(CC(=O)Nc2ccc(OC)cc2)S/C1=N\N=C\c1ccc(-c2cccc(Cl)c2)o1. The maximum Gasteiger partial charge on any atom is 0.243 e. The molecule has 1 N–H and O–H groups in total. The Bertz CT molecular complexity index is 1320. The van der Waals surface area contributed by atoms with Crippen LogP contribution < -0.4 is 10.1 Å². The van der Waals surface area contributed by atoms with Crippen LogP contribution in [0.15, 0.2) is 87.9 Å². The Balaban J connectivity index is 1.41. The van der Waals surface area contributed by atoms with Crippen LogP contribution in [0.1, 0.15) is 12.2 Å². The van der Waals surface area contributed by atoms with E-state index in [2.05, 4.69) is 22.1 Å².